The minimum atomic E-state index is -0.887. The number of hydrogen-bond donors (Lipinski definition) is 1. The standard InChI is InChI=1S/C26H29N3O3/c1-25(2,3)21-17-22(28-32-21)27-24(31)26(4)14-15-29(26)23(30)16-18-10-12-20(13-11-18)19-8-6-5-7-9-19/h5-13,17H,14-16H2,1-4H3,(H,27,28,31). The van der Waals surface area contributed by atoms with Gasteiger partial charge in [-0.2, -0.15) is 0 Å². The molecule has 1 unspecified atom stereocenters. The summed E-state index contributed by atoms with van der Waals surface area (Å²) in [5, 5.41) is 6.77. The monoisotopic (exact) mass is 431 g/mol. The van der Waals surface area contributed by atoms with Crippen molar-refractivity contribution in [1.82, 2.24) is 10.1 Å². The Morgan fingerprint density at radius 3 is 2.28 bits per heavy atom. The summed E-state index contributed by atoms with van der Waals surface area (Å²) < 4.78 is 5.34. The van der Waals surface area contributed by atoms with Gasteiger partial charge in [0.1, 0.15) is 11.3 Å². The Bertz CT molecular complexity index is 1110. The predicted octanol–water partition coefficient (Wildman–Crippen LogP) is 4.81. The fourth-order valence-electron chi connectivity index (χ4n) is 3.85. The topological polar surface area (TPSA) is 75.4 Å². The largest absolute Gasteiger partial charge is 0.359 e. The molecule has 2 aromatic carbocycles. The number of likely N-dealkylation sites (tertiary alicyclic amines) is 1. The zero-order chi connectivity index (χ0) is 22.9. The highest BCUT2D eigenvalue weighted by molar-refractivity contribution is 6.01. The van der Waals surface area contributed by atoms with Gasteiger partial charge in [-0.1, -0.05) is 80.5 Å². The third kappa shape index (κ3) is 4.31. The number of aromatic nitrogens is 1. The lowest BCUT2D eigenvalue weighted by molar-refractivity contribution is -0.154. The summed E-state index contributed by atoms with van der Waals surface area (Å²) >= 11 is 0. The number of carbonyl (C=O) groups is 2. The van der Waals surface area contributed by atoms with Gasteiger partial charge in [-0.25, -0.2) is 0 Å². The molecule has 1 atom stereocenters. The average Bonchev–Trinajstić information content (AvgIpc) is 3.22. The SMILES string of the molecule is CC(C)(C)c1cc(NC(=O)C2(C)CCN2C(=O)Cc2ccc(-c3ccccc3)cc2)no1. The smallest absolute Gasteiger partial charge is 0.251 e. The van der Waals surface area contributed by atoms with E-state index >= 15 is 0 Å². The van der Waals surface area contributed by atoms with Crippen molar-refractivity contribution < 1.29 is 14.1 Å². The molecule has 3 aromatic rings. The zero-order valence-electron chi connectivity index (χ0n) is 19.0. The first-order valence-electron chi connectivity index (χ1n) is 10.9. The van der Waals surface area contributed by atoms with Crippen LogP contribution in [0.25, 0.3) is 11.1 Å². The van der Waals surface area contributed by atoms with Crippen molar-refractivity contribution in [2.24, 2.45) is 0 Å². The number of rotatable bonds is 5. The molecule has 2 heterocycles. The van der Waals surface area contributed by atoms with Gasteiger partial charge in [0, 0.05) is 18.0 Å². The fourth-order valence-corrected chi connectivity index (χ4v) is 3.85. The Morgan fingerprint density at radius 2 is 1.72 bits per heavy atom. The quantitative estimate of drug-likeness (QED) is 0.629. The Kier molecular flexibility index (Phi) is 5.63. The number of hydrogen-bond acceptors (Lipinski definition) is 4. The maximum Gasteiger partial charge on any atom is 0.251 e. The second kappa shape index (κ2) is 8.26. The number of amides is 2. The summed E-state index contributed by atoms with van der Waals surface area (Å²) in [6, 6.07) is 19.9. The van der Waals surface area contributed by atoms with E-state index in [0.29, 0.717) is 24.5 Å². The van der Waals surface area contributed by atoms with Gasteiger partial charge in [-0.15, -0.1) is 0 Å². The third-order valence-electron chi connectivity index (χ3n) is 6.12. The molecule has 0 aliphatic carbocycles. The molecule has 6 nitrogen and oxygen atoms in total. The van der Waals surface area contributed by atoms with Crippen LogP contribution >= 0.6 is 0 Å². The molecule has 0 spiro atoms. The molecule has 4 rings (SSSR count). The van der Waals surface area contributed by atoms with E-state index in [2.05, 4.69) is 22.6 Å². The third-order valence-corrected chi connectivity index (χ3v) is 6.12. The molecule has 0 bridgehead atoms. The van der Waals surface area contributed by atoms with Crippen LogP contribution in [0.3, 0.4) is 0 Å². The molecular formula is C26H29N3O3. The van der Waals surface area contributed by atoms with Crippen LogP contribution in [0.5, 0.6) is 0 Å². The van der Waals surface area contributed by atoms with Crippen molar-refractivity contribution in [2.75, 3.05) is 11.9 Å². The van der Waals surface area contributed by atoms with Gasteiger partial charge in [0.2, 0.25) is 5.91 Å². The van der Waals surface area contributed by atoms with Crippen LogP contribution in [0.2, 0.25) is 0 Å². The van der Waals surface area contributed by atoms with E-state index in [1.165, 1.54) is 0 Å². The van der Waals surface area contributed by atoms with Gasteiger partial charge in [-0.05, 0) is 30.0 Å². The first kappa shape index (κ1) is 21.8. The van der Waals surface area contributed by atoms with Crippen LogP contribution in [0.1, 0.15) is 45.4 Å². The summed E-state index contributed by atoms with van der Waals surface area (Å²) in [6.45, 7) is 8.40. The van der Waals surface area contributed by atoms with Crippen molar-refractivity contribution in [1.29, 1.82) is 0 Å². The number of nitrogens with one attached hydrogen (secondary N) is 1. The molecule has 1 N–H and O–H groups in total. The van der Waals surface area contributed by atoms with E-state index in [-0.39, 0.29) is 23.7 Å². The molecule has 1 saturated heterocycles. The molecular weight excluding hydrogens is 402 g/mol. The highest BCUT2D eigenvalue weighted by Crippen LogP contribution is 2.33. The van der Waals surface area contributed by atoms with Crippen molar-refractivity contribution >= 4 is 17.6 Å². The van der Waals surface area contributed by atoms with Crippen LogP contribution < -0.4 is 5.32 Å². The van der Waals surface area contributed by atoms with E-state index in [0.717, 1.165) is 16.7 Å². The van der Waals surface area contributed by atoms with Crippen LogP contribution in [-0.4, -0.2) is 34.0 Å². The van der Waals surface area contributed by atoms with Gasteiger partial charge in [0.25, 0.3) is 5.91 Å². The summed E-state index contributed by atoms with van der Waals surface area (Å²) in [7, 11) is 0. The van der Waals surface area contributed by atoms with Crippen molar-refractivity contribution in [3.63, 3.8) is 0 Å². The van der Waals surface area contributed by atoms with Crippen molar-refractivity contribution in [3.05, 3.63) is 72.0 Å². The van der Waals surface area contributed by atoms with Crippen LogP contribution in [0, 0.1) is 0 Å². The number of anilines is 1. The minimum absolute atomic E-state index is 0.0584. The molecule has 0 saturated carbocycles. The molecule has 32 heavy (non-hydrogen) atoms. The van der Waals surface area contributed by atoms with Crippen LogP contribution in [-0.2, 0) is 21.4 Å². The second-order valence-corrected chi connectivity index (χ2v) is 9.59. The van der Waals surface area contributed by atoms with E-state index in [1.807, 2.05) is 63.2 Å². The van der Waals surface area contributed by atoms with E-state index in [9.17, 15) is 9.59 Å². The predicted molar refractivity (Wildman–Crippen MR) is 124 cm³/mol. The Morgan fingerprint density at radius 1 is 1.06 bits per heavy atom. The summed E-state index contributed by atoms with van der Waals surface area (Å²) in [6.07, 6.45) is 0.873. The number of nitrogens with zero attached hydrogens (tertiary/aromatic N) is 2. The molecule has 2 amide bonds. The Balaban J connectivity index is 1.40. The van der Waals surface area contributed by atoms with Gasteiger partial charge < -0.3 is 14.7 Å². The first-order valence-corrected chi connectivity index (χ1v) is 10.9. The van der Waals surface area contributed by atoms with E-state index < -0.39 is 5.54 Å². The summed E-state index contributed by atoms with van der Waals surface area (Å²) in [5.41, 5.74) is 2.09. The van der Waals surface area contributed by atoms with Crippen LogP contribution in [0.15, 0.2) is 65.2 Å². The first-order chi connectivity index (χ1) is 15.2. The number of carbonyl (C=O) groups excluding carboxylic acids is 2. The lowest BCUT2D eigenvalue weighted by Gasteiger charge is -2.49. The maximum atomic E-state index is 13.0. The molecule has 0 radical (unpaired) electrons. The van der Waals surface area contributed by atoms with E-state index in [1.54, 1.807) is 17.9 Å². The summed E-state index contributed by atoms with van der Waals surface area (Å²) in [4.78, 5) is 27.6. The normalized spacial score (nSPS) is 18.2. The zero-order valence-corrected chi connectivity index (χ0v) is 19.0. The van der Waals surface area contributed by atoms with Gasteiger partial charge >= 0.3 is 0 Å². The maximum absolute atomic E-state index is 13.0. The highest BCUT2D eigenvalue weighted by Gasteiger charge is 2.49. The van der Waals surface area contributed by atoms with Crippen molar-refractivity contribution in [3.8, 4) is 11.1 Å². The summed E-state index contributed by atoms with van der Waals surface area (Å²) in [5.74, 6) is 0.762. The molecule has 1 fully saturated rings. The highest BCUT2D eigenvalue weighted by atomic mass is 16.5. The van der Waals surface area contributed by atoms with Crippen molar-refractivity contribution in [2.45, 2.75) is 51.5 Å². The Labute approximate surface area is 188 Å². The lowest BCUT2D eigenvalue weighted by Crippen LogP contribution is -2.66. The minimum Gasteiger partial charge on any atom is -0.359 e. The fraction of sp³-hybridized carbons (Fsp3) is 0.346. The molecule has 1 aliphatic rings. The lowest BCUT2D eigenvalue weighted by atomic mass is 9.84. The van der Waals surface area contributed by atoms with Gasteiger partial charge in [0.15, 0.2) is 5.82 Å². The molecule has 166 valence electrons. The van der Waals surface area contributed by atoms with Gasteiger partial charge in [-0.3, -0.25) is 9.59 Å². The molecule has 6 heteroatoms. The Hall–Kier alpha value is -3.41. The average molecular weight is 432 g/mol. The number of benzene rings is 2. The van der Waals surface area contributed by atoms with E-state index in [4.69, 9.17) is 4.52 Å². The molecule has 1 aliphatic heterocycles. The second-order valence-electron chi connectivity index (χ2n) is 9.59. The van der Waals surface area contributed by atoms with Gasteiger partial charge in [0.05, 0.1) is 6.42 Å². The molecule has 1 aromatic heterocycles. The van der Waals surface area contributed by atoms with Crippen LogP contribution in [0.4, 0.5) is 5.82 Å².